The monoisotopic (exact) mass is 295 g/mol. The second kappa shape index (κ2) is 7.05. The van der Waals surface area contributed by atoms with Gasteiger partial charge in [-0.15, -0.1) is 0 Å². The molecule has 0 aliphatic heterocycles. The fourth-order valence-corrected chi connectivity index (χ4v) is 3.74. The molecule has 0 aromatic carbocycles. The lowest BCUT2D eigenvalue weighted by Gasteiger charge is -2.64. The van der Waals surface area contributed by atoms with Crippen molar-refractivity contribution >= 4 is 0 Å². The molecular weight excluding hydrogens is 252 g/mol. The highest BCUT2D eigenvalue weighted by molar-refractivity contribution is 5.07. The van der Waals surface area contributed by atoms with E-state index < -0.39 is 0 Å². The van der Waals surface area contributed by atoms with Crippen molar-refractivity contribution in [3.63, 3.8) is 0 Å². The topological polar surface area (TPSA) is 0 Å². The second-order valence-electron chi connectivity index (χ2n) is 8.82. The van der Waals surface area contributed by atoms with Gasteiger partial charge in [-0.2, -0.15) is 0 Å². The third-order valence-electron chi connectivity index (χ3n) is 6.41. The molecule has 0 atom stereocenters. The van der Waals surface area contributed by atoms with Gasteiger partial charge in [0.2, 0.25) is 0 Å². The van der Waals surface area contributed by atoms with Crippen LogP contribution >= 0.6 is 0 Å². The van der Waals surface area contributed by atoms with E-state index in [1.165, 1.54) is 51.4 Å². The summed E-state index contributed by atoms with van der Waals surface area (Å²) in [6, 6.07) is 0. The van der Waals surface area contributed by atoms with Crippen LogP contribution in [0.4, 0.5) is 0 Å². The van der Waals surface area contributed by atoms with Crippen LogP contribution in [0.2, 0.25) is 0 Å². The first-order valence-electron chi connectivity index (χ1n) is 10.7. The average molecular weight is 296 g/mol. The van der Waals surface area contributed by atoms with Crippen LogP contribution in [0.25, 0.3) is 0 Å². The van der Waals surface area contributed by atoms with E-state index in [1.54, 1.807) is 0 Å². The van der Waals surface area contributed by atoms with E-state index in [0.29, 0.717) is 17.3 Å². The zero-order valence-electron chi connectivity index (χ0n) is 18.4. The molecular formula is C21H40. The Bertz CT molecular complexity index is 397. The molecule has 124 valence electrons. The summed E-state index contributed by atoms with van der Waals surface area (Å²) in [5.74, 6) is 1.99. The maximum Gasteiger partial charge on any atom is 0.0303 e. The van der Waals surface area contributed by atoms with Crippen LogP contribution in [-0.4, -0.2) is 0 Å². The smallest absolute Gasteiger partial charge is 0.0303 e. The Balaban J connectivity index is 0.000000132. The van der Waals surface area contributed by atoms with E-state index in [0.717, 1.165) is 5.92 Å². The van der Waals surface area contributed by atoms with Gasteiger partial charge in [-0.25, -0.2) is 0 Å². The van der Waals surface area contributed by atoms with Gasteiger partial charge in [0.05, 0.1) is 0 Å². The predicted octanol–water partition coefficient (Wildman–Crippen LogP) is 6.94. The third kappa shape index (κ3) is 4.49. The summed E-state index contributed by atoms with van der Waals surface area (Å²) in [4.78, 5) is 0. The van der Waals surface area contributed by atoms with Gasteiger partial charge in [0, 0.05) is 4.11 Å². The lowest BCUT2D eigenvalue weighted by Crippen LogP contribution is -2.54. The highest BCUT2D eigenvalue weighted by Gasteiger charge is 2.57. The van der Waals surface area contributed by atoms with Crippen molar-refractivity contribution in [1.29, 1.82) is 0 Å². The van der Waals surface area contributed by atoms with E-state index in [9.17, 15) is 0 Å². The van der Waals surface area contributed by atoms with Gasteiger partial charge in [-0.3, -0.25) is 0 Å². The van der Waals surface area contributed by atoms with Gasteiger partial charge in [0.1, 0.15) is 0 Å². The van der Waals surface area contributed by atoms with Crippen LogP contribution in [0.3, 0.4) is 0 Å². The van der Waals surface area contributed by atoms with E-state index in [4.69, 9.17) is 4.11 Å². The maximum atomic E-state index is 7.82. The fourth-order valence-electron chi connectivity index (χ4n) is 3.74. The largest absolute Gasteiger partial charge is 0.0625 e. The lowest BCUT2D eigenvalue weighted by molar-refractivity contribution is -0.141. The zero-order chi connectivity index (χ0) is 18.4. The summed E-state index contributed by atoms with van der Waals surface area (Å²) in [5, 5.41) is 0. The molecule has 2 bridgehead atoms. The fraction of sp³-hybridized carbons (Fsp3) is 1.00. The van der Waals surface area contributed by atoms with Crippen molar-refractivity contribution in [2.75, 3.05) is 0 Å². The van der Waals surface area contributed by atoms with Gasteiger partial charge in [-0.05, 0) is 73.0 Å². The van der Waals surface area contributed by atoms with Crippen molar-refractivity contribution in [2.24, 2.45) is 40.9 Å². The predicted molar refractivity (Wildman–Crippen MR) is 94.4 cm³/mol. The number of rotatable bonds is 3. The van der Waals surface area contributed by atoms with Gasteiger partial charge < -0.3 is 0 Å². The average Bonchev–Trinajstić information content (AvgIpc) is 2.82. The third-order valence-corrected chi connectivity index (χ3v) is 6.41. The summed E-state index contributed by atoms with van der Waals surface area (Å²) in [5.41, 5.74) is 0.470. The molecule has 21 heavy (non-hydrogen) atoms. The molecule has 0 saturated heterocycles. The van der Waals surface area contributed by atoms with Crippen molar-refractivity contribution in [3.8, 4) is 0 Å². The number of hydrogen-bond acceptors (Lipinski definition) is 0. The minimum absolute atomic E-state index is 0.139. The van der Waals surface area contributed by atoms with Crippen LogP contribution in [-0.2, 0) is 0 Å². The Morgan fingerprint density at radius 1 is 0.762 bits per heavy atom. The molecule has 5 fully saturated rings. The van der Waals surface area contributed by atoms with Crippen LogP contribution < -0.4 is 0 Å². The summed E-state index contributed by atoms with van der Waals surface area (Å²) < 4.78 is 22.9. The first-order chi connectivity index (χ1) is 10.7. The minimum Gasteiger partial charge on any atom is -0.0625 e. The Kier molecular flexibility index (Phi) is 4.51. The second-order valence-corrected chi connectivity index (χ2v) is 8.82. The Hall–Kier alpha value is 0. The maximum absolute atomic E-state index is 7.82. The normalized spacial score (nSPS) is 36.9. The van der Waals surface area contributed by atoms with Gasteiger partial charge in [0.15, 0.2) is 0 Å². The highest BCUT2D eigenvalue weighted by atomic mass is 14.6. The molecule has 0 amide bonds. The van der Waals surface area contributed by atoms with E-state index >= 15 is 0 Å². The van der Waals surface area contributed by atoms with Crippen molar-refractivity contribution in [3.05, 3.63) is 0 Å². The van der Waals surface area contributed by atoms with E-state index in [2.05, 4.69) is 13.8 Å². The quantitative estimate of drug-likeness (QED) is 0.529. The Labute approximate surface area is 138 Å². The minimum atomic E-state index is -0.155. The lowest BCUT2D eigenvalue weighted by atomic mass is 9.41. The Morgan fingerprint density at radius 3 is 1.19 bits per heavy atom. The number of hydrogen-bond donors (Lipinski definition) is 0. The molecule has 5 aliphatic carbocycles. The molecule has 0 radical (unpaired) electrons. The van der Waals surface area contributed by atoms with Gasteiger partial charge >= 0.3 is 0 Å². The molecule has 0 aromatic heterocycles. The standard InChI is InChI=1S/C8H14.C7H14.C6H12/c1-6(2)8-3-7(4-8)5-8;1-6(2)7-4-3-5-7;1-5(2)6-3-4-6/h6-7H,3-5H2,1-2H3;6-7H,3-5H2,1-2H3;5-6H,3-4H2,1-2H3/i2*6D;5D. The zero-order valence-corrected chi connectivity index (χ0v) is 15.4. The molecule has 0 heterocycles. The van der Waals surface area contributed by atoms with E-state index in [-0.39, 0.29) is 17.7 Å². The SMILES string of the molecule is [2H]C(C)(C)C12CC(C1)C2.[2H]C(C)(C)C1CC1.[2H]C(C)(C)C1CCC1. The molecule has 0 heteroatoms. The summed E-state index contributed by atoms with van der Waals surface area (Å²) >= 11 is 0. The van der Waals surface area contributed by atoms with Gasteiger partial charge in [-0.1, -0.05) is 60.8 Å². The molecule has 5 saturated carbocycles. The molecule has 0 N–H and O–H groups in total. The Morgan fingerprint density at radius 2 is 1.19 bits per heavy atom. The molecule has 0 unspecified atom stereocenters. The van der Waals surface area contributed by atoms with Crippen LogP contribution in [0.15, 0.2) is 0 Å². The van der Waals surface area contributed by atoms with Crippen LogP contribution in [0.5, 0.6) is 0 Å². The molecule has 0 nitrogen and oxygen atoms in total. The molecule has 0 aromatic rings. The summed E-state index contributed by atoms with van der Waals surface area (Å²) in [6.07, 6.45) is 10.6. The van der Waals surface area contributed by atoms with Crippen molar-refractivity contribution in [1.82, 2.24) is 0 Å². The van der Waals surface area contributed by atoms with Crippen molar-refractivity contribution < 1.29 is 4.11 Å². The van der Waals surface area contributed by atoms with Crippen LogP contribution in [0.1, 0.15) is 97.0 Å². The first-order valence-corrected chi connectivity index (χ1v) is 9.25. The summed E-state index contributed by atoms with van der Waals surface area (Å²) in [7, 11) is 0. The highest BCUT2D eigenvalue weighted by Crippen LogP contribution is 2.67. The van der Waals surface area contributed by atoms with E-state index in [1.807, 2.05) is 27.7 Å². The first kappa shape index (κ1) is 13.4. The summed E-state index contributed by atoms with van der Waals surface area (Å²) in [6.45, 7) is 12.1. The van der Waals surface area contributed by atoms with Gasteiger partial charge in [0.25, 0.3) is 0 Å². The molecule has 5 rings (SSSR count). The molecule has 5 aliphatic rings. The van der Waals surface area contributed by atoms with Crippen molar-refractivity contribution in [2.45, 2.75) is 92.9 Å². The van der Waals surface area contributed by atoms with Crippen LogP contribution in [0, 0.1) is 40.9 Å². The molecule has 0 spiro atoms.